The molecule has 0 bridgehead atoms. The van der Waals surface area contributed by atoms with Gasteiger partial charge in [-0.05, 0) is 49.7 Å². The van der Waals surface area contributed by atoms with E-state index in [1.54, 1.807) is 0 Å². The second kappa shape index (κ2) is 11.4. The fourth-order valence-electron chi connectivity index (χ4n) is 4.12. The first-order chi connectivity index (χ1) is 12.5. The van der Waals surface area contributed by atoms with Crippen LogP contribution in [0.1, 0.15) is 57.8 Å². The summed E-state index contributed by atoms with van der Waals surface area (Å²) in [5.74, 6) is 6.62. The monoisotopic (exact) mass is 402 g/mol. The van der Waals surface area contributed by atoms with Crippen LogP contribution in [0.5, 0.6) is 0 Å². The quantitative estimate of drug-likeness (QED) is 0.329. The van der Waals surface area contributed by atoms with Crippen LogP contribution in [0.25, 0.3) is 0 Å². The molecule has 5 atom stereocenters. The standard InChI is InChI=1S/C20H31ClO4S/c21-17-12-19(23)16(9-10-18(22)14-6-2-1-3-7-14)15(17)8-4-5-11-26-13-20(24)25/h14-19,22-23H,1-8,11-13H2,(H,24,25)/t15-,16-,17?,18-,19-/m1/s1. The molecule has 0 amide bonds. The van der Waals surface area contributed by atoms with Crippen LogP contribution in [-0.2, 0) is 4.79 Å². The number of aliphatic hydroxyl groups is 2. The van der Waals surface area contributed by atoms with E-state index in [1.165, 1.54) is 31.0 Å². The third-order valence-corrected chi connectivity index (χ3v) is 7.13. The summed E-state index contributed by atoms with van der Waals surface area (Å²) in [6.45, 7) is 0. The molecular weight excluding hydrogens is 372 g/mol. The molecule has 1 unspecified atom stereocenters. The van der Waals surface area contributed by atoms with E-state index in [4.69, 9.17) is 16.7 Å². The average molecular weight is 403 g/mol. The second-order valence-corrected chi connectivity index (χ2v) is 9.25. The van der Waals surface area contributed by atoms with Crippen molar-refractivity contribution in [3.8, 4) is 11.8 Å². The first-order valence-corrected chi connectivity index (χ1v) is 11.4. The Bertz CT molecular complexity index is 498. The molecule has 2 fully saturated rings. The Morgan fingerprint density at radius 2 is 1.96 bits per heavy atom. The molecule has 0 aromatic carbocycles. The highest BCUT2D eigenvalue weighted by atomic mass is 35.5. The van der Waals surface area contributed by atoms with Gasteiger partial charge < -0.3 is 15.3 Å². The number of carbonyl (C=O) groups is 1. The predicted molar refractivity (Wildman–Crippen MR) is 106 cm³/mol. The highest BCUT2D eigenvalue weighted by molar-refractivity contribution is 7.99. The average Bonchev–Trinajstić information content (AvgIpc) is 2.89. The van der Waals surface area contributed by atoms with Crippen molar-refractivity contribution >= 4 is 29.3 Å². The van der Waals surface area contributed by atoms with Crippen molar-refractivity contribution in [1.29, 1.82) is 0 Å². The number of carboxylic acids is 1. The number of thioether (sulfide) groups is 1. The van der Waals surface area contributed by atoms with E-state index in [2.05, 4.69) is 11.8 Å². The normalized spacial score (nSPS) is 30.6. The summed E-state index contributed by atoms with van der Waals surface area (Å²) in [5.41, 5.74) is 0. The molecule has 3 N–H and O–H groups in total. The Labute approximate surface area is 166 Å². The number of aliphatic carboxylic acids is 1. The Hall–Kier alpha value is -0.410. The number of hydrogen-bond acceptors (Lipinski definition) is 4. The molecule has 2 aliphatic carbocycles. The zero-order valence-corrected chi connectivity index (χ0v) is 16.9. The smallest absolute Gasteiger partial charge is 0.313 e. The van der Waals surface area contributed by atoms with Gasteiger partial charge in [0.05, 0.1) is 17.8 Å². The molecule has 2 rings (SSSR count). The van der Waals surface area contributed by atoms with Gasteiger partial charge in [-0.15, -0.1) is 11.6 Å². The lowest BCUT2D eigenvalue weighted by Gasteiger charge is -2.24. The maximum absolute atomic E-state index is 10.5. The Kier molecular flexibility index (Phi) is 9.63. The van der Waals surface area contributed by atoms with E-state index in [-0.39, 0.29) is 28.9 Å². The Balaban J connectivity index is 1.81. The summed E-state index contributed by atoms with van der Waals surface area (Å²) >= 11 is 7.87. The van der Waals surface area contributed by atoms with Crippen LogP contribution in [0.3, 0.4) is 0 Å². The van der Waals surface area contributed by atoms with Gasteiger partial charge in [0.2, 0.25) is 0 Å². The molecule has 0 aromatic heterocycles. The molecule has 2 saturated carbocycles. The van der Waals surface area contributed by atoms with Gasteiger partial charge in [-0.3, -0.25) is 4.79 Å². The summed E-state index contributed by atoms with van der Waals surface area (Å²) in [5, 5.41) is 29.2. The van der Waals surface area contributed by atoms with Crippen molar-refractivity contribution in [2.75, 3.05) is 11.5 Å². The van der Waals surface area contributed by atoms with E-state index in [0.717, 1.165) is 37.9 Å². The third-order valence-electron chi connectivity index (χ3n) is 5.60. The van der Waals surface area contributed by atoms with Crippen molar-refractivity contribution in [3.63, 3.8) is 0 Å². The molecule has 26 heavy (non-hydrogen) atoms. The van der Waals surface area contributed by atoms with E-state index in [9.17, 15) is 15.0 Å². The molecular formula is C20H31ClO4S. The number of aliphatic hydroxyl groups excluding tert-OH is 2. The third kappa shape index (κ3) is 6.96. The van der Waals surface area contributed by atoms with Crippen molar-refractivity contribution in [3.05, 3.63) is 0 Å². The fourth-order valence-corrected chi connectivity index (χ4v) is 5.31. The molecule has 148 valence electrons. The lowest BCUT2D eigenvalue weighted by atomic mass is 9.84. The van der Waals surface area contributed by atoms with E-state index in [0.29, 0.717) is 6.42 Å². The minimum atomic E-state index is -0.776. The number of carboxylic acid groups (broad SMARTS) is 1. The number of hydrogen-bond donors (Lipinski definition) is 3. The van der Waals surface area contributed by atoms with Gasteiger partial charge in [0, 0.05) is 5.38 Å². The number of unbranched alkanes of at least 4 members (excludes halogenated alkanes) is 1. The first-order valence-electron chi connectivity index (χ1n) is 9.80. The Morgan fingerprint density at radius 3 is 2.65 bits per heavy atom. The van der Waals surface area contributed by atoms with Gasteiger partial charge in [-0.1, -0.05) is 37.5 Å². The van der Waals surface area contributed by atoms with Gasteiger partial charge >= 0.3 is 5.97 Å². The van der Waals surface area contributed by atoms with Gasteiger partial charge in [0.1, 0.15) is 6.10 Å². The summed E-state index contributed by atoms with van der Waals surface area (Å²) in [4.78, 5) is 10.5. The molecule has 0 spiro atoms. The first kappa shape index (κ1) is 21.9. The fraction of sp³-hybridized carbons (Fsp3) is 0.850. The summed E-state index contributed by atoms with van der Waals surface area (Å²) in [7, 11) is 0. The molecule has 4 nitrogen and oxygen atoms in total. The largest absolute Gasteiger partial charge is 0.481 e. The molecule has 0 saturated heterocycles. The summed E-state index contributed by atoms with van der Waals surface area (Å²) in [6.07, 6.45) is 7.89. The summed E-state index contributed by atoms with van der Waals surface area (Å²) < 4.78 is 0. The zero-order valence-electron chi connectivity index (χ0n) is 15.3. The minimum absolute atomic E-state index is 0.0807. The van der Waals surface area contributed by atoms with Crippen LogP contribution >= 0.6 is 23.4 Å². The Morgan fingerprint density at radius 1 is 1.23 bits per heavy atom. The van der Waals surface area contributed by atoms with Crippen molar-refractivity contribution < 1.29 is 20.1 Å². The van der Waals surface area contributed by atoms with Crippen LogP contribution in [-0.4, -0.2) is 50.4 Å². The highest BCUT2D eigenvalue weighted by Crippen LogP contribution is 2.39. The van der Waals surface area contributed by atoms with Gasteiger partial charge in [0.15, 0.2) is 0 Å². The molecule has 0 heterocycles. The molecule has 6 heteroatoms. The molecule has 2 aliphatic rings. The molecule has 0 aromatic rings. The van der Waals surface area contributed by atoms with E-state index < -0.39 is 18.2 Å². The number of halogens is 1. The SMILES string of the molecule is O=C(O)CSCCCC[C@H]1C(Cl)C[C@@H](O)[C@@H]1C#C[C@@H](O)C1CCCCC1. The van der Waals surface area contributed by atoms with Gasteiger partial charge in [-0.2, -0.15) is 11.8 Å². The van der Waals surface area contributed by atoms with Crippen molar-refractivity contribution in [1.82, 2.24) is 0 Å². The molecule has 0 aliphatic heterocycles. The van der Waals surface area contributed by atoms with E-state index >= 15 is 0 Å². The van der Waals surface area contributed by atoms with Crippen molar-refractivity contribution in [2.45, 2.75) is 75.4 Å². The minimum Gasteiger partial charge on any atom is -0.481 e. The number of alkyl halides is 1. The second-order valence-electron chi connectivity index (χ2n) is 7.58. The van der Waals surface area contributed by atoms with Crippen LogP contribution in [0.2, 0.25) is 0 Å². The van der Waals surface area contributed by atoms with Crippen LogP contribution in [0.15, 0.2) is 0 Å². The van der Waals surface area contributed by atoms with Gasteiger partial charge in [0.25, 0.3) is 0 Å². The summed E-state index contributed by atoms with van der Waals surface area (Å²) in [6, 6.07) is 0. The molecule has 0 radical (unpaired) electrons. The predicted octanol–water partition coefficient (Wildman–Crippen LogP) is 3.52. The van der Waals surface area contributed by atoms with Crippen LogP contribution in [0, 0.1) is 29.6 Å². The van der Waals surface area contributed by atoms with Crippen LogP contribution < -0.4 is 0 Å². The highest BCUT2D eigenvalue weighted by Gasteiger charge is 2.40. The lowest BCUT2D eigenvalue weighted by molar-refractivity contribution is -0.133. The van der Waals surface area contributed by atoms with Crippen LogP contribution in [0.4, 0.5) is 0 Å². The maximum atomic E-state index is 10.5. The maximum Gasteiger partial charge on any atom is 0.313 e. The zero-order chi connectivity index (χ0) is 18.9. The van der Waals surface area contributed by atoms with E-state index in [1.807, 2.05) is 0 Å². The number of rotatable bonds is 8. The van der Waals surface area contributed by atoms with Gasteiger partial charge in [-0.25, -0.2) is 0 Å². The lowest BCUT2D eigenvalue weighted by Crippen LogP contribution is -2.23. The topological polar surface area (TPSA) is 77.8 Å². The van der Waals surface area contributed by atoms with Crippen molar-refractivity contribution in [2.24, 2.45) is 17.8 Å².